The maximum atomic E-state index is 11.6. The summed E-state index contributed by atoms with van der Waals surface area (Å²) >= 11 is 11.2. The van der Waals surface area contributed by atoms with Crippen molar-refractivity contribution in [3.8, 4) is 0 Å². The zero-order valence-corrected chi connectivity index (χ0v) is 13.7. The largest absolute Gasteiger partial charge is 0.465 e. The van der Waals surface area contributed by atoms with E-state index in [2.05, 4.69) is 10.6 Å². The lowest BCUT2D eigenvalue weighted by atomic mass is 10.1. The summed E-state index contributed by atoms with van der Waals surface area (Å²) in [5.41, 5.74) is 2.94. The quantitative estimate of drug-likeness (QED) is 0.649. The second-order valence-electron chi connectivity index (χ2n) is 4.61. The molecule has 0 unspecified atom stereocenters. The van der Waals surface area contributed by atoms with Gasteiger partial charge in [-0.15, -0.1) is 0 Å². The maximum absolute atomic E-state index is 11.6. The van der Waals surface area contributed by atoms with Crippen LogP contribution in [0.5, 0.6) is 0 Å². The van der Waals surface area contributed by atoms with Crippen LogP contribution in [0, 0.1) is 6.92 Å². The summed E-state index contributed by atoms with van der Waals surface area (Å²) in [4.78, 5) is 11.6. The second-order valence-corrected chi connectivity index (χ2v) is 5.46. The van der Waals surface area contributed by atoms with Crippen molar-refractivity contribution in [1.29, 1.82) is 0 Å². The summed E-state index contributed by atoms with van der Waals surface area (Å²) in [6, 6.07) is 12.5. The number of nitrogens with one attached hydrogen (secondary N) is 2. The van der Waals surface area contributed by atoms with E-state index in [1.54, 1.807) is 24.3 Å². The number of halogens is 1. The minimum Gasteiger partial charge on any atom is -0.465 e. The Kier molecular flexibility index (Phi) is 5.35. The molecule has 2 aromatic rings. The summed E-state index contributed by atoms with van der Waals surface area (Å²) in [5, 5.41) is 7.14. The van der Waals surface area contributed by atoms with Crippen LogP contribution in [0.2, 0.25) is 5.02 Å². The molecule has 0 saturated carbocycles. The molecule has 6 heteroatoms. The zero-order chi connectivity index (χ0) is 16.1. The van der Waals surface area contributed by atoms with Crippen LogP contribution >= 0.6 is 23.8 Å². The first-order valence-electron chi connectivity index (χ1n) is 6.52. The summed E-state index contributed by atoms with van der Waals surface area (Å²) in [7, 11) is 1.35. The monoisotopic (exact) mass is 334 g/mol. The number of esters is 1. The van der Waals surface area contributed by atoms with Crippen LogP contribution in [0.4, 0.5) is 11.4 Å². The van der Waals surface area contributed by atoms with Crippen LogP contribution in [0.25, 0.3) is 0 Å². The Hall–Kier alpha value is -2.11. The van der Waals surface area contributed by atoms with Gasteiger partial charge in [-0.2, -0.15) is 0 Å². The average molecular weight is 335 g/mol. The standard InChI is InChI=1S/C16H15ClN2O2S/c1-10-6-7-11(15(20)21-2)8-14(10)19-16(22)18-13-5-3-4-12(17)9-13/h3-9H,1-2H3,(H2,18,19,22). The molecule has 22 heavy (non-hydrogen) atoms. The lowest BCUT2D eigenvalue weighted by molar-refractivity contribution is 0.0601. The van der Waals surface area contributed by atoms with Gasteiger partial charge in [0.25, 0.3) is 0 Å². The zero-order valence-electron chi connectivity index (χ0n) is 12.1. The summed E-state index contributed by atoms with van der Waals surface area (Å²) in [5.74, 6) is -0.392. The molecule has 0 heterocycles. The number of carbonyl (C=O) groups is 1. The molecule has 0 radical (unpaired) electrons. The second kappa shape index (κ2) is 7.24. The molecule has 4 nitrogen and oxygen atoms in total. The first-order chi connectivity index (χ1) is 10.5. The van der Waals surface area contributed by atoms with Crippen molar-refractivity contribution in [1.82, 2.24) is 0 Å². The molecule has 0 aliphatic rings. The van der Waals surface area contributed by atoms with E-state index in [1.807, 2.05) is 25.1 Å². The third kappa shape index (κ3) is 4.19. The number of aryl methyl sites for hydroxylation is 1. The van der Waals surface area contributed by atoms with Crippen molar-refractivity contribution in [2.75, 3.05) is 17.7 Å². The number of hydrogen-bond donors (Lipinski definition) is 2. The van der Waals surface area contributed by atoms with Gasteiger partial charge in [0, 0.05) is 16.4 Å². The Morgan fingerprint density at radius 3 is 2.64 bits per heavy atom. The molecule has 0 bridgehead atoms. The third-order valence-corrected chi connectivity index (χ3v) is 3.43. The number of thiocarbonyl (C=S) groups is 1. The van der Waals surface area contributed by atoms with Gasteiger partial charge in [-0.1, -0.05) is 23.7 Å². The molecule has 0 aliphatic carbocycles. The molecule has 0 aliphatic heterocycles. The molecule has 2 N–H and O–H groups in total. The molecule has 2 rings (SSSR count). The highest BCUT2D eigenvalue weighted by Gasteiger charge is 2.09. The van der Waals surface area contributed by atoms with Crippen LogP contribution in [-0.2, 0) is 4.74 Å². The minimum atomic E-state index is -0.392. The van der Waals surface area contributed by atoms with Crippen LogP contribution in [0.1, 0.15) is 15.9 Å². The smallest absolute Gasteiger partial charge is 0.337 e. The van der Waals surface area contributed by atoms with Crippen LogP contribution in [0.15, 0.2) is 42.5 Å². The van der Waals surface area contributed by atoms with Crippen molar-refractivity contribution in [2.24, 2.45) is 0 Å². The fourth-order valence-electron chi connectivity index (χ4n) is 1.85. The van der Waals surface area contributed by atoms with Crippen LogP contribution in [-0.4, -0.2) is 18.2 Å². The van der Waals surface area contributed by atoms with E-state index in [1.165, 1.54) is 7.11 Å². The van der Waals surface area contributed by atoms with Crippen molar-refractivity contribution in [2.45, 2.75) is 6.92 Å². The number of ether oxygens (including phenoxy) is 1. The van der Waals surface area contributed by atoms with Gasteiger partial charge in [-0.05, 0) is 55.0 Å². The number of rotatable bonds is 3. The van der Waals surface area contributed by atoms with Gasteiger partial charge < -0.3 is 15.4 Å². The van der Waals surface area contributed by atoms with Gasteiger partial charge in [0.15, 0.2) is 5.11 Å². The Balaban J connectivity index is 2.12. The van der Waals surface area contributed by atoms with Crippen molar-refractivity contribution >= 4 is 46.3 Å². The molecule has 0 saturated heterocycles. The lowest BCUT2D eigenvalue weighted by Crippen LogP contribution is -2.20. The highest BCUT2D eigenvalue weighted by molar-refractivity contribution is 7.80. The number of methoxy groups -OCH3 is 1. The first-order valence-corrected chi connectivity index (χ1v) is 7.31. The molecule has 2 aromatic carbocycles. The van der Waals surface area contributed by atoms with Gasteiger partial charge in [0.2, 0.25) is 0 Å². The van der Waals surface area contributed by atoms with E-state index in [4.69, 9.17) is 28.6 Å². The fraction of sp³-hybridized carbons (Fsp3) is 0.125. The van der Waals surface area contributed by atoms with Crippen molar-refractivity contribution < 1.29 is 9.53 Å². The molecule has 0 spiro atoms. The van der Waals surface area contributed by atoms with Gasteiger partial charge in [0.1, 0.15) is 0 Å². The van der Waals surface area contributed by atoms with Gasteiger partial charge >= 0.3 is 5.97 Å². The molecule has 0 aromatic heterocycles. The Morgan fingerprint density at radius 2 is 1.95 bits per heavy atom. The number of carbonyl (C=O) groups excluding carboxylic acids is 1. The van der Waals surface area contributed by atoms with Crippen molar-refractivity contribution in [3.05, 3.63) is 58.6 Å². The average Bonchev–Trinajstić information content (AvgIpc) is 2.48. The highest BCUT2D eigenvalue weighted by atomic mass is 35.5. The van der Waals surface area contributed by atoms with E-state index in [0.717, 1.165) is 16.9 Å². The normalized spacial score (nSPS) is 9.95. The molecule has 0 atom stereocenters. The van der Waals surface area contributed by atoms with E-state index in [-0.39, 0.29) is 0 Å². The Morgan fingerprint density at radius 1 is 1.18 bits per heavy atom. The summed E-state index contributed by atoms with van der Waals surface area (Å²) < 4.78 is 4.72. The molecule has 0 fully saturated rings. The Bertz CT molecular complexity index is 719. The van der Waals surface area contributed by atoms with E-state index in [0.29, 0.717) is 15.7 Å². The van der Waals surface area contributed by atoms with Crippen LogP contribution in [0.3, 0.4) is 0 Å². The highest BCUT2D eigenvalue weighted by Crippen LogP contribution is 2.19. The van der Waals surface area contributed by atoms with E-state index in [9.17, 15) is 4.79 Å². The lowest BCUT2D eigenvalue weighted by Gasteiger charge is -2.13. The SMILES string of the molecule is COC(=O)c1ccc(C)c(NC(=S)Nc2cccc(Cl)c2)c1. The summed E-state index contributed by atoms with van der Waals surface area (Å²) in [6.07, 6.45) is 0. The molecular formula is C16H15ClN2O2S. The number of benzene rings is 2. The van der Waals surface area contributed by atoms with Gasteiger partial charge in [0.05, 0.1) is 12.7 Å². The molecular weight excluding hydrogens is 320 g/mol. The van der Waals surface area contributed by atoms with Gasteiger partial charge in [-0.3, -0.25) is 0 Å². The fourth-order valence-corrected chi connectivity index (χ4v) is 2.27. The maximum Gasteiger partial charge on any atom is 0.337 e. The molecule has 0 amide bonds. The third-order valence-electron chi connectivity index (χ3n) is 2.99. The number of anilines is 2. The van der Waals surface area contributed by atoms with E-state index < -0.39 is 5.97 Å². The van der Waals surface area contributed by atoms with E-state index >= 15 is 0 Å². The first kappa shape index (κ1) is 16.3. The topological polar surface area (TPSA) is 50.4 Å². The summed E-state index contributed by atoms with van der Waals surface area (Å²) in [6.45, 7) is 1.92. The predicted molar refractivity (Wildman–Crippen MR) is 93.8 cm³/mol. The predicted octanol–water partition coefficient (Wildman–Crippen LogP) is 4.24. The van der Waals surface area contributed by atoms with Crippen LogP contribution < -0.4 is 10.6 Å². The van der Waals surface area contributed by atoms with Gasteiger partial charge in [-0.25, -0.2) is 4.79 Å². The molecule has 114 valence electrons. The minimum absolute atomic E-state index is 0.392. The Labute approximate surface area is 139 Å². The van der Waals surface area contributed by atoms with Crippen molar-refractivity contribution in [3.63, 3.8) is 0 Å². The number of hydrogen-bond acceptors (Lipinski definition) is 3.